The summed E-state index contributed by atoms with van der Waals surface area (Å²) in [5, 5.41) is 2.47. The fourth-order valence-corrected chi connectivity index (χ4v) is 4.92. The van der Waals surface area contributed by atoms with Crippen molar-refractivity contribution >= 4 is 44.2 Å². The van der Waals surface area contributed by atoms with Crippen LogP contribution >= 0.6 is 15.9 Å². The number of benzene rings is 2. The summed E-state index contributed by atoms with van der Waals surface area (Å²) in [6, 6.07) is 11.0. The Morgan fingerprint density at radius 2 is 2.04 bits per heavy atom. The van der Waals surface area contributed by atoms with Crippen LogP contribution in [0.25, 0.3) is 10.8 Å². The van der Waals surface area contributed by atoms with Gasteiger partial charge in [0.1, 0.15) is 5.60 Å². The summed E-state index contributed by atoms with van der Waals surface area (Å²) in [4.78, 5) is 19.7. The monoisotopic (exact) mass is 426 g/mol. The molecule has 2 fully saturated rings. The van der Waals surface area contributed by atoms with Crippen molar-refractivity contribution in [3.8, 4) is 0 Å². The van der Waals surface area contributed by atoms with Crippen LogP contribution in [0.15, 0.2) is 39.8 Å². The molecule has 1 aliphatic carbocycles. The third kappa shape index (κ3) is 2.96. The molecule has 2 aromatic rings. The van der Waals surface area contributed by atoms with E-state index in [1.165, 1.54) is 16.3 Å². The second-order valence-electron chi connectivity index (χ2n) is 8.91. The number of rotatable bonds is 1. The second kappa shape index (κ2) is 5.81. The van der Waals surface area contributed by atoms with E-state index >= 15 is 0 Å². The summed E-state index contributed by atoms with van der Waals surface area (Å²) >= 11 is 3.55. The number of nitrogens with zero attached hydrogens (tertiary/aromatic N) is 2. The highest BCUT2D eigenvalue weighted by molar-refractivity contribution is 9.10. The predicted octanol–water partition coefficient (Wildman–Crippen LogP) is 5.63. The molecule has 0 bridgehead atoms. The van der Waals surface area contributed by atoms with Crippen molar-refractivity contribution < 1.29 is 9.53 Å². The summed E-state index contributed by atoms with van der Waals surface area (Å²) in [5.41, 5.74) is 2.96. The van der Waals surface area contributed by atoms with Crippen LogP contribution in [0.4, 0.5) is 10.5 Å². The summed E-state index contributed by atoms with van der Waals surface area (Å²) in [6.07, 6.45) is 2.75. The van der Waals surface area contributed by atoms with Gasteiger partial charge < -0.3 is 4.74 Å². The van der Waals surface area contributed by atoms with Crippen LogP contribution in [0.2, 0.25) is 0 Å². The van der Waals surface area contributed by atoms with Gasteiger partial charge in [0, 0.05) is 22.6 Å². The molecule has 27 heavy (non-hydrogen) atoms. The molecule has 2 heterocycles. The van der Waals surface area contributed by atoms with Crippen LogP contribution in [-0.4, -0.2) is 34.4 Å². The molecule has 3 atom stereocenters. The molecule has 0 unspecified atom stereocenters. The first-order valence-corrected chi connectivity index (χ1v) is 10.4. The molecule has 5 heteroatoms. The van der Waals surface area contributed by atoms with Crippen molar-refractivity contribution in [3.63, 3.8) is 0 Å². The second-order valence-corrected chi connectivity index (χ2v) is 9.83. The molecule has 0 radical (unpaired) electrons. The normalized spacial score (nSPS) is 26.0. The summed E-state index contributed by atoms with van der Waals surface area (Å²) in [5.74, 6) is 0.613. The van der Waals surface area contributed by atoms with Gasteiger partial charge >= 0.3 is 6.09 Å². The summed E-state index contributed by atoms with van der Waals surface area (Å²) in [6.45, 7) is 5.77. The highest BCUT2D eigenvalue weighted by Crippen LogP contribution is 2.50. The van der Waals surface area contributed by atoms with Crippen LogP contribution in [0.3, 0.4) is 0 Å². The highest BCUT2D eigenvalue weighted by atomic mass is 79.9. The largest absolute Gasteiger partial charge is 0.444 e. The lowest BCUT2D eigenvalue weighted by Gasteiger charge is -2.30. The quantitative estimate of drug-likeness (QED) is 0.592. The first kappa shape index (κ1) is 17.2. The lowest BCUT2D eigenvalue weighted by Crippen LogP contribution is -2.45. The van der Waals surface area contributed by atoms with Gasteiger partial charge in [0.15, 0.2) is 0 Å². The highest BCUT2D eigenvalue weighted by Gasteiger charge is 2.56. The third-order valence-corrected chi connectivity index (χ3v) is 6.28. The first-order chi connectivity index (χ1) is 12.8. The Hall–Kier alpha value is -1.88. The molecule has 0 spiro atoms. The number of halogens is 1. The SMILES string of the molecule is CC(C)(C)OC(=O)N1[C@@H]2C[C@@H]2C[C@H]1C1=Nc2ccc3cc(Br)ccc3c2C1. The van der Waals surface area contributed by atoms with E-state index in [-0.39, 0.29) is 12.1 Å². The number of likely N-dealkylation sites (tertiary alicyclic amines) is 1. The number of piperidine rings is 1. The zero-order valence-electron chi connectivity index (χ0n) is 15.8. The third-order valence-electron chi connectivity index (χ3n) is 5.78. The number of ether oxygens (including phenoxy) is 1. The smallest absolute Gasteiger partial charge is 0.411 e. The van der Waals surface area contributed by atoms with Crippen LogP contribution in [0.1, 0.15) is 39.2 Å². The molecule has 1 amide bonds. The average Bonchev–Trinajstić information content (AvgIpc) is 3.03. The molecule has 1 saturated carbocycles. The molecule has 2 aliphatic heterocycles. The molecule has 140 valence electrons. The molecule has 2 aromatic carbocycles. The lowest BCUT2D eigenvalue weighted by molar-refractivity contribution is 0.0230. The van der Waals surface area contributed by atoms with Crippen molar-refractivity contribution in [2.24, 2.45) is 10.9 Å². The number of hydrogen-bond acceptors (Lipinski definition) is 3. The fraction of sp³-hybridized carbons (Fsp3) is 0.455. The van der Waals surface area contributed by atoms with Gasteiger partial charge in [0.2, 0.25) is 0 Å². The van der Waals surface area contributed by atoms with E-state index in [0.29, 0.717) is 12.0 Å². The number of fused-ring (bicyclic) bond motifs is 4. The first-order valence-electron chi connectivity index (χ1n) is 9.60. The van der Waals surface area contributed by atoms with E-state index < -0.39 is 5.60 Å². The molecule has 3 aliphatic rings. The van der Waals surface area contributed by atoms with E-state index in [9.17, 15) is 4.79 Å². The minimum absolute atomic E-state index is 0.0708. The van der Waals surface area contributed by atoms with Gasteiger partial charge in [-0.1, -0.05) is 28.1 Å². The predicted molar refractivity (Wildman–Crippen MR) is 111 cm³/mol. The van der Waals surface area contributed by atoms with Crippen LogP contribution < -0.4 is 0 Å². The molecule has 4 nitrogen and oxygen atoms in total. The van der Waals surface area contributed by atoms with Crippen LogP contribution in [-0.2, 0) is 11.2 Å². The number of carbonyl (C=O) groups excluding carboxylic acids is 1. The summed E-state index contributed by atoms with van der Waals surface area (Å²) < 4.78 is 6.78. The van der Waals surface area contributed by atoms with Crippen LogP contribution in [0.5, 0.6) is 0 Å². The van der Waals surface area contributed by atoms with E-state index in [4.69, 9.17) is 9.73 Å². The molecule has 1 saturated heterocycles. The Balaban J connectivity index is 1.45. The molecule has 0 aromatic heterocycles. The van der Waals surface area contributed by atoms with Crippen molar-refractivity contribution in [3.05, 3.63) is 40.4 Å². The van der Waals surface area contributed by atoms with Gasteiger partial charge in [-0.3, -0.25) is 9.89 Å². The standard InChI is InChI=1S/C22H23BrN2O2/c1-22(2,3)27-21(26)25-19-9-13(19)10-20(25)18-11-16-15-6-5-14(23)8-12(15)4-7-17(16)24-18/h4-8,13,19-20H,9-11H2,1-3H3/t13-,19-,20+/m1/s1. The Kier molecular flexibility index (Phi) is 3.71. The number of carbonyl (C=O) groups is 1. The Labute approximate surface area is 167 Å². The molecule has 0 N–H and O–H groups in total. The van der Waals surface area contributed by atoms with Crippen molar-refractivity contribution in [2.75, 3.05) is 0 Å². The number of hydrogen-bond donors (Lipinski definition) is 0. The van der Waals surface area contributed by atoms with Gasteiger partial charge in [-0.25, -0.2) is 4.79 Å². The van der Waals surface area contributed by atoms with Gasteiger partial charge in [-0.15, -0.1) is 0 Å². The van der Waals surface area contributed by atoms with Gasteiger partial charge in [0.05, 0.1) is 11.7 Å². The van der Waals surface area contributed by atoms with E-state index in [1.54, 1.807) is 0 Å². The van der Waals surface area contributed by atoms with Gasteiger partial charge in [-0.2, -0.15) is 0 Å². The van der Waals surface area contributed by atoms with Gasteiger partial charge in [0.25, 0.3) is 0 Å². The molecule has 5 rings (SSSR count). The summed E-state index contributed by atoms with van der Waals surface area (Å²) in [7, 11) is 0. The fourth-order valence-electron chi connectivity index (χ4n) is 4.54. The lowest BCUT2D eigenvalue weighted by atomic mass is 9.97. The Morgan fingerprint density at radius 3 is 2.81 bits per heavy atom. The van der Waals surface area contributed by atoms with Crippen molar-refractivity contribution in [2.45, 2.75) is 57.7 Å². The van der Waals surface area contributed by atoms with Crippen molar-refractivity contribution in [1.82, 2.24) is 4.90 Å². The number of aliphatic imine (C=N–C) groups is 1. The zero-order chi connectivity index (χ0) is 18.9. The van der Waals surface area contributed by atoms with Crippen molar-refractivity contribution in [1.29, 1.82) is 0 Å². The topological polar surface area (TPSA) is 41.9 Å². The average molecular weight is 427 g/mol. The Morgan fingerprint density at radius 1 is 1.22 bits per heavy atom. The zero-order valence-corrected chi connectivity index (χ0v) is 17.4. The molecular weight excluding hydrogens is 404 g/mol. The minimum atomic E-state index is -0.474. The maximum absolute atomic E-state index is 12.8. The maximum atomic E-state index is 12.8. The number of amides is 1. The molecular formula is C22H23BrN2O2. The minimum Gasteiger partial charge on any atom is -0.444 e. The van der Waals surface area contributed by atoms with Gasteiger partial charge in [-0.05, 0) is 74.1 Å². The maximum Gasteiger partial charge on any atom is 0.411 e. The Bertz CT molecular complexity index is 992. The van der Waals surface area contributed by atoms with E-state index in [2.05, 4.69) is 46.3 Å². The van der Waals surface area contributed by atoms with E-state index in [1.807, 2.05) is 25.7 Å². The van der Waals surface area contributed by atoms with Crippen LogP contribution in [0, 0.1) is 5.92 Å². The van der Waals surface area contributed by atoms with E-state index in [0.717, 1.165) is 35.1 Å².